The van der Waals surface area contributed by atoms with Crippen LogP contribution in [0.25, 0.3) is 21.9 Å². The summed E-state index contributed by atoms with van der Waals surface area (Å²) in [5.41, 5.74) is 10.2. The number of fused-ring (bicyclic) bond motifs is 7. The molecule has 0 fully saturated rings. The van der Waals surface area contributed by atoms with Gasteiger partial charge in [0.15, 0.2) is 11.5 Å². The second-order valence-electron chi connectivity index (χ2n) is 9.69. The number of rotatable bonds is 2. The Hall–Kier alpha value is -4.24. The van der Waals surface area contributed by atoms with Crippen LogP contribution >= 0.6 is 0 Å². The predicted octanol–water partition coefficient (Wildman–Crippen LogP) is 8.41. The summed E-state index contributed by atoms with van der Waals surface area (Å²) in [6.45, 7) is 2.23. The summed E-state index contributed by atoms with van der Waals surface area (Å²) in [6.07, 6.45) is 1.22. The van der Waals surface area contributed by atoms with Crippen LogP contribution in [0.4, 0.5) is 17.1 Å². The summed E-state index contributed by atoms with van der Waals surface area (Å²) in [5, 5.41) is 6.31. The van der Waals surface area contributed by atoms with E-state index in [-0.39, 0.29) is 12.1 Å². The fourth-order valence-corrected chi connectivity index (χ4v) is 6.38. The zero-order chi connectivity index (χ0) is 23.1. The van der Waals surface area contributed by atoms with Gasteiger partial charge in [-0.1, -0.05) is 79.7 Å². The standard InChI is InChI=1S/C32H24N2O/c1-2-29-33-25-12-7-13-28-32(25)34(29)26-18-20(15-17-27(26)35-28)30-22-10-5-6-11-23(22)31-21-9-4-3-8-19(21)14-16-24(30)31/h3-18,29-30,33H,2H2,1H3/t29?,30-/m0/s1. The van der Waals surface area contributed by atoms with Gasteiger partial charge in [-0.15, -0.1) is 0 Å². The van der Waals surface area contributed by atoms with Gasteiger partial charge < -0.3 is 15.0 Å². The molecule has 5 aromatic rings. The van der Waals surface area contributed by atoms with Gasteiger partial charge in [-0.05, 0) is 69.3 Å². The molecule has 0 aromatic heterocycles. The molecule has 8 rings (SSSR count). The first-order valence-corrected chi connectivity index (χ1v) is 12.4. The number of nitrogens with zero attached hydrogens (tertiary/aromatic N) is 1. The summed E-state index contributed by atoms with van der Waals surface area (Å²) >= 11 is 0. The molecule has 1 aliphatic carbocycles. The first-order chi connectivity index (χ1) is 17.3. The molecule has 3 aliphatic rings. The first kappa shape index (κ1) is 19.1. The highest BCUT2D eigenvalue weighted by atomic mass is 16.5. The van der Waals surface area contributed by atoms with Crippen molar-refractivity contribution < 1.29 is 4.74 Å². The van der Waals surface area contributed by atoms with Crippen LogP contribution in [-0.4, -0.2) is 6.17 Å². The minimum atomic E-state index is 0.198. The minimum Gasteiger partial charge on any atom is -0.453 e. The normalized spacial score (nSPS) is 18.4. The molecule has 168 valence electrons. The fraction of sp³-hybridized carbons (Fsp3) is 0.125. The zero-order valence-electron chi connectivity index (χ0n) is 19.5. The smallest absolute Gasteiger partial charge is 0.153 e. The maximum absolute atomic E-state index is 6.39. The van der Waals surface area contributed by atoms with E-state index >= 15 is 0 Å². The van der Waals surface area contributed by atoms with E-state index in [0.717, 1.165) is 35.0 Å². The Morgan fingerprint density at radius 3 is 2.63 bits per heavy atom. The lowest BCUT2D eigenvalue weighted by atomic mass is 9.88. The molecule has 0 saturated carbocycles. The molecule has 3 nitrogen and oxygen atoms in total. The first-order valence-electron chi connectivity index (χ1n) is 12.4. The molecule has 1 N–H and O–H groups in total. The van der Waals surface area contributed by atoms with E-state index in [4.69, 9.17) is 4.74 Å². The SMILES string of the molecule is CCC1Nc2cccc3c2N1c1cc([C@H]2c4ccccc4-c4c2ccc2ccccc42)ccc1O3. The van der Waals surface area contributed by atoms with Crippen molar-refractivity contribution in [1.29, 1.82) is 0 Å². The monoisotopic (exact) mass is 452 g/mol. The van der Waals surface area contributed by atoms with Gasteiger partial charge in [-0.3, -0.25) is 0 Å². The van der Waals surface area contributed by atoms with E-state index in [2.05, 4.69) is 114 Å². The van der Waals surface area contributed by atoms with Gasteiger partial charge in [0, 0.05) is 5.92 Å². The Balaban J connectivity index is 1.34. The Morgan fingerprint density at radius 2 is 1.69 bits per heavy atom. The highest BCUT2D eigenvalue weighted by molar-refractivity contribution is 6.02. The molecule has 0 spiro atoms. The molecule has 5 aromatic carbocycles. The van der Waals surface area contributed by atoms with Crippen LogP contribution in [0.1, 0.15) is 36.0 Å². The Kier molecular flexibility index (Phi) is 3.76. The molecule has 2 atom stereocenters. The van der Waals surface area contributed by atoms with Crippen LogP contribution in [0.15, 0.2) is 97.1 Å². The molecule has 2 aliphatic heterocycles. The number of ether oxygens (including phenoxy) is 1. The number of hydrogen-bond acceptors (Lipinski definition) is 3. The van der Waals surface area contributed by atoms with Crippen molar-refractivity contribution >= 4 is 27.8 Å². The average molecular weight is 453 g/mol. The third kappa shape index (κ3) is 2.50. The molecular formula is C32H24N2O. The van der Waals surface area contributed by atoms with Gasteiger partial charge >= 0.3 is 0 Å². The van der Waals surface area contributed by atoms with Gasteiger partial charge in [0.05, 0.1) is 11.4 Å². The van der Waals surface area contributed by atoms with E-state index < -0.39 is 0 Å². The molecule has 2 heterocycles. The third-order valence-corrected chi connectivity index (χ3v) is 7.87. The Morgan fingerprint density at radius 1 is 0.800 bits per heavy atom. The van der Waals surface area contributed by atoms with Gasteiger partial charge in [0.1, 0.15) is 11.9 Å². The maximum Gasteiger partial charge on any atom is 0.153 e. The van der Waals surface area contributed by atoms with E-state index in [1.165, 1.54) is 38.6 Å². The van der Waals surface area contributed by atoms with Crippen LogP contribution in [0.2, 0.25) is 0 Å². The molecule has 3 heteroatoms. The van der Waals surface area contributed by atoms with Crippen LogP contribution in [-0.2, 0) is 0 Å². The van der Waals surface area contributed by atoms with Gasteiger partial charge in [-0.2, -0.15) is 0 Å². The summed E-state index contributed by atoms with van der Waals surface area (Å²) in [5.74, 6) is 2.04. The maximum atomic E-state index is 6.39. The van der Waals surface area contributed by atoms with E-state index in [0.29, 0.717) is 0 Å². The lowest BCUT2D eigenvalue weighted by Gasteiger charge is -2.33. The second kappa shape index (κ2) is 6.89. The topological polar surface area (TPSA) is 24.5 Å². The summed E-state index contributed by atoms with van der Waals surface area (Å²) in [6, 6.07) is 35.3. The Bertz CT molecular complexity index is 1670. The summed E-state index contributed by atoms with van der Waals surface area (Å²) < 4.78 is 6.39. The number of benzene rings is 5. The Labute approximate surface area is 204 Å². The highest BCUT2D eigenvalue weighted by Gasteiger charge is 2.38. The van der Waals surface area contributed by atoms with Crippen molar-refractivity contribution in [1.82, 2.24) is 0 Å². The van der Waals surface area contributed by atoms with E-state index in [1.54, 1.807) is 0 Å². The van der Waals surface area contributed by atoms with Crippen LogP contribution in [0.5, 0.6) is 11.5 Å². The third-order valence-electron chi connectivity index (χ3n) is 7.87. The van der Waals surface area contributed by atoms with Crippen LogP contribution < -0.4 is 15.0 Å². The van der Waals surface area contributed by atoms with Crippen LogP contribution in [0, 0.1) is 0 Å². The molecule has 0 saturated heterocycles. The van der Waals surface area contributed by atoms with Crippen molar-refractivity contribution in [2.45, 2.75) is 25.4 Å². The van der Waals surface area contributed by atoms with Crippen molar-refractivity contribution in [3.63, 3.8) is 0 Å². The van der Waals surface area contributed by atoms with Crippen molar-refractivity contribution in [2.24, 2.45) is 0 Å². The number of hydrogen-bond donors (Lipinski definition) is 1. The fourth-order valence-electron chi connectivity index (χ4n) is 6.38. The van der Waals surface area contributed by atoms with E-state index in [1.807, 2.05) is 0 Å². The number of para-hydroxylation sites is 1. The van der Waals surface area contributed by atoms with Crippen molar-refractivity contribution in [3.05, 3.63) is 114 Å². The molecular weight excluding hydrogens is 428 g/mol. The van der Waals surface area contributed by atoms with Gasteiger partial charge in [0.2, 0.25) is 0 Å². The highest BCUT2D eigenvalue weighted by Crippen LogP contribution is 2.56. The van der Waals surface area contributed by atoms with Crippen LogP contribution in [0.3, 0.4) is 0 Å². The molecule has 0 amide bonds. The quantitative estimate of drug-likeness (QED) is 0.285. The van der Waals surface area contributed by atoms with Crippen molar-refractivity contribution in [3.8, 4) is 22.6 Å². The zero-order valence-corrected chi connectivity index (χ0v) is 19.5. The average Bonchev–Trinajstić information content (AvgIpc) is 3.46. The predicted molar refractivity (Wildman–Crippen MR) is 143 cm³/mol. The number of nitrogens with one attached hydrogen (secondary N) is 1. The molecule has 0 bridgehead atoms. The summed E-state index contributed by atoms with van der Waals surface area (Å²) in [7, 11) is 0. The lowest BCUT2D eigenvalue weighted by molar-refractivity contribution is 0.471. The lowest BCUT2D eigenvalue weighted by Crippen LogP contribution is -2.32. The largest absolute Gasteiger partial charge is 0.453 e. The molecule has 0 radical (unpaired) electrons. The van der Waals surface area contributed by atoms with Gasteiger partial charge in [0.25, 0.3) is 0 Å². The van der Waals surface area contributed by atoms with Crippen molar-refractivity contribution in [2.75, 3.05) is 10.2 Å². The summed E-state index contributed by atoms with van der Waals surface area (Å²) in [4.78, 5) is 2.44. The molecule has 1 unspecified atom stereocenters. The molecule has 35 heavy (non-hydrogen) atoms. The van der Waals surface area contributed by atoms with E-state index in [9.17, 15) is 0 Å². The second-order valence-corrected chi connectivity index (χ2v) is 9.69. The van der Waals surface area contributed by atoms with Gasteiger partial charge in [-0.25, -0.2) is 0 Å². The minimum absolute atomic E-state index is 0.198. The number of anilines is 3.